The van der Waals surface area contributed by atoms with Gasteiger partial charge >= 0.3 is 7.55 Å². The summed E-state index contributed by atoms with van der Waals surface area (Å²) in [6.07, 6.45) is 7.06. The van der Waals surface area contributed by atoms with E-state index >= 15 is 0 Å². The van der Waals surface area contributed by atoms with Crippen LogP contribution in [0.3, 0.4) is 0 Å². The van der Waals surface area contributed by atoms with E-state index in [0.29, 0.717) is 0 Å². The SMILES string of the molecule is [B]1N(c2cccnn2)C=CN1c1cccnn1. The summed E-state index contributed by atoms with van der Waals surface area (Å²) in [4.78, 5) is 3.73. The maximum atomic E-state index is 4.02. The molecule has 0 unspecified atom stereocenters. The van der Waals surface area contributed by atoms with Gasteiger partial charge in [-0.3, -0.25) is 0 Å². The monoisotopic (exact) mass is 223 g/mol. The van der Waals surface area contributed by atoms with E-state index in [9.17, 15) is 0 Å². The van der Waals surface area contributed by atoms with Gasteiger partial charge in [0.25, 0.3) is 0 Å². The molecule has 3 rings (SSSR count). The predicted molar refractivity (Wildman–Crippen MR) is 63.9 cm³/mol. The van der Waals surface area contributed by atoms with Gasteiger partial charge in [-0.2, -0.15) is 10.2 Å². The summed E-state index contributed by atoms with van der Waals surface area (Å²) in [5.74, 6) is 1.52. The summed E-state index contributed by atoms with van der Waals surface area (Å²) < 4.78 is 0. The lowest BCUT2D eigenvalue weighted by Crippen LogP contribution is -2.30. The fourth-order valence-corrected chi connectivity index (χ4v) is 1.49. The average Bonchev–Trinajstić information content (AvgIpc) is 2.90. The minimum Gasteiger partial charge on any atom is -0.356 e. The van der Waals surface area contributed by atoms with Gasteiger partial charge in [-0.05, 0) is 24.3 Å². The summed E-state index contributed by atoms with van der Waals surface area (Å²) in [5.41, 5.74) is 0. The highest BCUT2D eigenvalue weighted by Crippen LogP contribution is 2.17. The molecule has 0 aliphatic carbocycles. The first kappa shape index (κ1) is 9.77. The first-order valence-electron chi connectivity index (χ1n) is 5.09. The van der Waals surface area contributed by atoms with Gasteiger partial charge in [-0.25, -0.2) is 0 Å². The van der Waals surface area contributed by atoms with Gasteiger partial charge in [-0.15, -0.1) is 10.2 Å². The summed E-state index contributed by atoms with van der Waals surface area (Å²) in [7, 11) is 1.87. The molecule has 0 amide bonds. The molecular weight excluding hydrogens is 215 g/mol. The summed E-state index contributed by atoms with van der Waals surface area (Å²) in [6, 6.07) is 7.45. The highest BCUT2D eigenvalue weighted by atomic mass is 15.3. The number of anilines is 2. The topological polar surface area (TPSA) is 58.0 Å². The Morgan fingerprint density at radius 3 is 1.76 bits per heavy atom. The van der Waals surface area contributed by atoms with Crippen molar-refractivity contribution in [3.8, 4) is 0 Å². The van der Waals surface area contributed by atoms with Crippen LogP contribution in [0, 0.1) is 0 Å². The van der Waals surface area contributed by atoms with Gasteiger partial charge in [0.15, 0.2) is 0 Å². The van der Waals surface area contributed by atoms with Crippen molar-refractivity contribution in [2.75, 3.05) is 9.62 Å². The largest absolute Gasteiger partial charge is 0.403 e. The molecule has 0 atom stereocenters. The molecule has 7 heteroatoms. The summed E-state index contributed by atoms with van der Waals surface area (Å²) in [6.45, 7) is 0. The van der Waals surface area contributed by atoms with Crippen molar-refractivity contribution in [3.63, 3.8) is 0 Å². The van der Waals surface area contributed by atoms with E-state index in [1.807, 2.05) is 53.8 Å². The van der Waals surface area contributed by atoms with E-state index in [1.165, 1.54) is 0 Å². The van der Waals surface area contributed by atoms with Gasteiger partial charge in [0.05, 0.1) is 0 Å². The number of hydrogen-bond donors (Lipinski definition) is 0. The maximum Gasteiger partial charge on any atom is 0.403 e. The number of hydrogen-bond acceptors (Lipinski definition) is 6. The molecule has 3 heterocycles. The van der Waals surface area contributed by atoms with Crippen molar-refractivity contribution >= 4 is 19.2 Å². The first-order chi connectivity index (χ1) is 8.43. The minimum absolute atomic E-state index is 0.759. The van der Waals surface area contributed by atoms with Gasteiger partial charge in [-0.1, -0.05) is 0 Å². The van der Waals surface area contributed by atoms with E-state index in [1.54, 1.807) is 12.4 Å². The number of aromatic nitrogens is 4. The van der Waals surface area contributed by atoms with Crippen LogP contribution in [-0.4, -0.2) is 27.9 Å². The first-order valence-corrected chi connectivity index (χ1v) is 5.09. The zero-order valence-corrected chi connectivity index (χ0v) is 8.88. The molecule has 81 valence electrons. The Balaban J connectivity index is 1.78. The molecule has 0 fully saturated rings. The molecular formula is C10H8BN6. The van der Waals surface area contributed by atoms with E-state index in [-0.39, 0.29) is 0 Å². The number of rotatable bonds is 2. The second-order valence-corrected chi connectivity index (χ2v) is 3.39. The van der Waals surface area contributed by atoms with Crippen LogP contribution >= 0.6 is 0 Å². The lowest BCUT2D eigenvalue weighted by Gasteiger charge is -2.16. The lowest BCUT2D eigenvalue weighted by atomic mass is 10.1. The molecule has 6 nitrogen and oxygen atoms in total. The van der Waals surface area contributed by atoms with Crippen molar-refractivity contribution < 1.29 is 0 Å². The quantitative estimate of drug-likeness (QED) is 0.694. The normalized spacial score (nSPS) is 13.9. The van der Waals surface area contributed by atoms with Gasteiger partial charge in [0.1, 0.15) is 11.6 Å². The van der Waals surface area contributed by atoms with Crippen molar-refractivity contribution in [1.29, 1.82) is 0 Å². The molecule has 2 aromatic heterocycles. The zero-order valence-electron chi connectivity index (χ0n) is 8.88. The standard InChI is InChI=1S/C10H8BN6/c1-3-9(14-12-5-1)16-7-8-17(11-16)10-4-2-6-13-15-10/h1-8H. The average molecular weight is 223 g/mol. The smallest absolute Gasteiger partial charge is 0.356 e. The van der Waals surface area contributed by atoms with Crippen LogP contribution in [0.2, 0.25) is 0 Å². The van der Waals surface area contributed by atoms with Crippen LogP contribution in [0.1, 0.15) is 0 Å². The van der Waals surface area contributed by atoms with Gasteiger partial charge in [0.2, 0.25) is 0 Å². The van der Waals surface area contributed by atoms with Crippen molar-refractivity contribution in [2.24, 2.45) is 0 Å². The second kappa shape index (κ2) is 4.21. The van der Waals surface area contributed by atoms with E-state index in [2.05, 4.69) is 20.4 Å². The Labute approximate surface area is 98.9 Å². The van der Waals surface area contributed by atoms with Crippen molar-refractivity contribution in [3.05, 3.63) is 49.1 Å². The molecule has 17 heavy (non-hydrogen) atoms. The Bertz CT molecular complexity index is 469. The predicted octanol–water partition coefficient (Wildman–Crippen LogP) is 0.599. The maximum absolute atomic E-state index is 4.02. The van der Waals surface area contributed by atoms with Crippen LogP contribution in [0.5, 0.6) is 0 Å². The van der Waals surface area contributed by atoms with Crippen LogP contribution in [0.15, 0.2) is 49.1 Å². The van der Waals surface area contributed by atoms with E-state index < -0.39 is 0 Å². The van der Waals surface area contributed by atoms with E-state index in [4.69, 9.17) is 0 Å². The Hall–Kier alpha value is -2.44. The summed E-state index contributed by atoms with van der Waals surface area (Å²) >= 11 is 0. The zero-order chi connectivity index (χ0) is 11.5. The van der Waals surface area contributed by atoms with Crippen LogP contribution in [-0.2, 0) is 0 Å². The van der Waals surface area contributed by atoms with Crippen molar-refractivity contribution in [2.45, 2.75) is 0 Å². The minimum atomic E-state index is 0.759. The Morgan fingerprint density at radius 2 is 1.35 bits per heavy atom. The highest BCUT2D eigenvalue weighted by Gasteiger charge is 2.20. The van der Waals surface area contributed by atoms with Crippen LogP contribution < -0.4 is 9.62 Å². The molecule has 2 aromatic rings. The third kappa shape index (κ3) is 1.94. The van der Waals surface area contributed by atoms with Gasteiger partial charge < -0.3 is 9.62 Å². The number of nitrogens with zero attached hydrogens (tertiary/aromatic N) is 6. The van der Waals surface area contributed by atoms with Crippen LogP contribution in [0.4, 0.5) is 11.6 Å². The Kier molecular flexibility index (Phi) is 2.42. The molecule has 0 saturated carbocycles. The lowest BCUT2D eigenvalue weighted by molar-refractivity contribution is 1.01. The Morgan fingerprint density at radius 1 is 0.824 bits per heavy atom. The molecule has 1 aliphatic heterocycles. The second-order valence-electron chi connectivity index (χ2n) is 3.39. The molecule has 0 aromatic carbocycles. The van der Waals surface area contributed by atoms with Crippen molar-refractivity contribution in [1.82, 2.24) is 20.4 Å². The third-order valence-corrected chi connectivity index (χ3v) is 2.28. The molecule has 1 aliphatic rings. The van der Waals surface area contributed by atoms with Crippen LogP contribution in [0.25, 0.3) is 0 Å². The molecule has 0 bridgehead atoms. The highest BCUT2D eigenvalue weighted by molar-refractivity contribution is 6.49. The fraction of sp³-hybridized carbons (Fsp3) is 0. The molecule has 0 saturated heterocycles. The molecule has 0 spiro atoms. The molecule has 1 radical (unpaired) electrons. The third-order valence-electron chi connectivity index (χ3n) is 2.28. The molecule has 0 N–H and O–H groups in total. The van der Waals surface area contributed by atoms with E-state index in [0.717, 1.165) is 11.6 Å². The summed E-state index contributed by atoms with van der Waals surface area (Å²) in [5, 5.41) is 15.7. The fourth-order valence-electron chi connectivity index (χ4n) is 1.49. The van der Waals surface area contributed by atoms with Gasteiger partial charge in [0, 0.05) is 24.8 Å².